The van der Waals surface area contributed by atoms with Gasteiger partial charge in [-0.1, -0.05) is 181 Å². The molecule has 13 aromatic rings. The van der Waals surface area contributed by atoms with E-state index >= 15 is 0 Å². The Hall–Kier alpha value is -10.3. The number of allylic oxidation sites excluding steroid dienone is 2. The van der Waals surface area contributed by atoms with Gasteiger partial charge in [0.15, 0.2) is 11.6 Å². The highest BCUT2D eigenvalue weighted by Gasteiger charge is 2.43. The minimum absolute atomic E-state index is 0.0228. The summed E-state index contributed by atoms with van der Waals surface area (Å²) in [6, 6.07) is 77.1. The van der Waals surface area contributed by atoms with Gasteiger partial charge in [-0.2, -0.15) is 0 Å². The number of nitrogens with zero attached hydrogens (tertiary/aromatic N) is 5. The number of carbonyl (C=O) groups excluding carboxylic acids is 2. The largest absolute Gasteiger partial charge is 0.310 e. The molecular weight excluding hydrogens is 1170 g/mol. The lowest BCUT2D eigenvalue weighted by molar-refractivity contribution is -0.113. The summed E-state index contributed by atoms with van der Waals surface area (Å²) in [5.74, 6) is 0.0471. The van der Waals surface area contributed by atoms with Gasteiger partial charge in [-0.05, 0) is 209 Å². The standard InChI is InChI=1S/C86H75N5O2S/c1-7-43-85(44-8-2)77-17-13-11-15-69(77)71-40-36-65(48-79(71)85)89(62-30-23-58(24-31-62)21-19-56(5)92)64-34-27-60(28-35-64)61-29-39-73-75-51-76-74-42-38-67(50-83(74)94-84(76)52-82(75)91(81(73)47-61)68-53-87-55-88-54-68)90(63-32-25-59(26-33-63)22-20-57(6)93)66-37-41-72-70-16-12-14-18-78(70)86(45-9-3,46-10-4)80(72)49-66/h11-42,47-55H,7-10,43-46H2,1-6H3/b21-19+,22-20+. The van der Waals surface area contributed by atoms with Gasteiger partial charge in [-0.3, -0.25) is 9.59 Å². The van der Waals surface area contributed by atoms with Gasteiger partial charge >= 0.3 is 0 Å². The predicted octanol–water partition coefficient (Wildman–Crippen LogP) is 23.5. The van der Waals surface area contributed by atoms with E-state index in [0.29, 0.717) is 0 Å². The second-order valence-corrected chi connectivity index (χ2v) is 26.9. The van der Waals surface area contributed by atoms with Gasteiger partial charge in [-0.25, -0.2) is 9.97 Å². The zero-order valence-electron chi connectivity index (χ0n) is 54.3. The summed E-state index contributed by atoms with van der Waals surface area (Å²) in [5.41, 5.74) is 24.7. The Labute approximate surface area is 555 Å². The SMILES string of the molecule is CCCC1(CCC)c2ccccc2-c2ccc(N(c3ccc(/C=C/C(C)=O)cc3)c3ccc(-c4ccc5c6cc7c(cc6n(-c6cncnc6)c5c4)sc4cc(N(c5ccc(/C=C/C(C)=O)cc5)c5ccc6c(c5)C(CCC)(CCC)c5ccccc5-6)ccc47)cc3)cc21. The number of fused-ring (bicyclic) bond motifs is 12. The quantitative estimate of drug-likeness (QED) is 0.0708. The molecule has 2 aliphatic carbocycles. The molecule has 0 radical (unpaired) electrons. The van der Waals surface area contributed by atoms with E-state index in [9.17, 15) is 9.59 Å². The van der Waals surface area contributed by atoms with E-state index in [1.807, 2.05) is 35.9 Å². The van der Waals surface area contributed by atoms with Crippen molar-refractivity contribution in [2.24, 2.45) is 0 Å². The maximum atomic E-state index is 12.0. The van der Waals surface area contributed by atoms with Crippen LogP contribution in [-0.4, -0.2) is 26.1 Å². The summed E-state index contributed by atoms with van der Waals surface area (Å²) in [6.07, 6.45) is 21.2. The Bertz CT molecular complexity index is 5140. The summed E-state index contributed by atoms with van der Waals surface area (Å²) in [5, 5.41) is 4.75. The van der Waals surface area contributed by atoms with Crippen molar-refractivity contribution in [3.05, 3.63) is 271 Å². The molecule has 10 aromatic carbocycles. The van der Waals surface area contributed by atoms with E-state index in [2.05, 4.69) is 258 Å². The lowest BCUT2D eigenvalue weighted by atomic mass is 9.71. The molecule has 15 rings (SSSR count). The number of anilines is 6. The number of hydrogen-bond donors (Lipinski definition) is 0. The number of hydrogen-bond acceptors (Lipinski definition) is 7. The van der Waals surface area contributed by atoms with Crippen LogP contribution in [0.3, 0.4) is 0 Å². The minimum atomic E-state index is -0.0651. The highest BCUT2D eigenvalue weighted by Crippen LogP contribution is 2.57. The van der Waals surface area contributed by atoms with Crippen LogP contribution in [0.25, 0.3) is 93.2 Å². The van der Waals surface area contributed by atoms with Gasteiger partial charge in [0.05, 0.1) is 29.1 Å². The first kappa shape index (κ1) is 60.0. The highest BCUT2D eigenvalue weighted by molar-refractivity contribution is 7.26. The summed E-state index contributed by atoms with van der Waals surface area (Å²) in [7, 11) is 0. The van der Waals surface area contributed by atoms with Crippen LogP contribution in [0.4, 0.5) is 34.1 Å². The van der Waals surface area contributed by atoms with Gasteiger partial charge < -0.3 is 14.4 Å². The fraction of sp³-hybridized carbons (Fsp3) is 0.186. The molecular formula is C86H75N5O2S. The molecule has 0 N–H and O–H groups in total. The van der Waals surface area contributed by atoms with Crippen molar-refractivity contribution < 1.29 is 9.59 Å². The smallest absolute Gasteiger partial charge is 0.152 e. The van der Waals surface area contributed by atoms with E-state index in [1.165, 1.54) is 64.7 Å². The predicted molar refractivity (Wildman–Crippen MR) is 396 cm³/mol. The topological polar surface area (TPSA) is 71.3 Å². The van der Waals surface area contributed by atoms with Crippen molar-refractivity contribution in [3.63, 3.8) is 0 Å². The van der Waals surface area contributed by atoms with Gasteiger partial charge in [0.25, 0.3) is 0 Å². The maximum Gasteiger partial charge on any atom is 0.152 e. The summed E-state index contributed by atoms with van der Waals surface area (Å²) in [6.45, 7) is 12.4. The van der Waals surface area contributed by atoms with E-state index in [4.69, 9.17) is 0 Å². The van der Waals surface area contributed by atoms with E-state index in [0.717, 1.165) is 135 Å². The Kier molecular flexibility index (Phi) is 15.7. The first-order valence-electron chi connectivity index (χ1n) is 33.5. The molecule has 94 heavy (non-hydrogen) atoms. The lowest BCUT2D eigenvalue weighted by Crippen LogP contribution is -2.25. The molecule has 0 fully saturated rings. The van der Waals surface area contributed by atoms with Crippen LogP contribution in [0, 0.1) is 0 Å². The van der Waals surface area contributed by atoms with Crippen molar-refractivity contribution in [1.29, 1.82) is 0 Å². The van der Waals surface area contributed by atoms with Gasteiger partial charge in [0.1, 0.15) is 6.33 Å². The molecule has 0 unspecified atom stereocenters. The zero-order chi connectivity index (χ0) is 64.2. The Morgan fingerprint density at radius 2 is 0.840 bits per heavy atom. The lowest BCUT2D eigenvalue weighted by Gasteiger charge is -2.33. The highest BCUT2D eigenvalue weighted by atomic mass is 32.1. The average molecular weight is 1240 g/mol. The van der Waals surface area contributed by atoms with Crippen LogP contribution in [0.5, 0.6) is 0 Å². The van der Waals surface area contributed by atoms with Gasteiger partial charge in [0.2, 0.25) is 0 Å². The fourth-order valence-corrected chi connectivity index (χ4v) is 17.2. The molecule has 0 bridgehead atoms. The summed E-state index contributed by atoms with van der Waals surface area (Å²) in [4.78, 5) is 37.9. The number of benzene rings is 10. The van der Waals surface area contributed by atoms with Crippen molar-refractivity contribution in [2.45, 2.75) is 104 Å². The molecule has 0 atom stereocenters. The average Bonchev–Trinajstić information content (AvgIpc) is 1.58. The molecule has 2 aliphatic rings. The molecule has 7 nitrogen and oxygen atoms in total. The van der Waals surface area contributed by atoms with Crippen molar-refractivity contribution in [3.8, 4) is 39.1 Å². The summed E-state index contributed by atoms with van der Waals surface area (Å²) < 4.78 is 4.74. The van der Waals surface area contributed by atoms with Crippen molar-refractivity contribution in [2.75, 3.05) is 9.80 Å². The minimum Gasteiger partial charge on any atom is -0.310 e. The van der Waals surface area contributed by atoms with E-state index < -0.39 is 0 Å². The molecule has 0 amide bonds. The number of ketones is 2. The summed E-state index contributed by atoms with van der Waals surface area (Å²) >= 11 is 1.83. The van der Waals surface area contributed by atoms with Crippen molar-refractivity contribution in [1.82, 2.24) is 14.5 Å². The van der Waals surface area contributed by atoms with Crippen LogP contribution in [0.15, 0.2) is 237 Å². The molecule has 0 aliphatic heterocycles. The number of aromatic nitrogens is 3. The Morgan fingerprint density at radius 3 is 1.36 bits per heavy atom. The molecule has 0 saturated heterocycles. The van der Waals surface area contributed by atoms with Crippen LogP contribution in [0.1, 0.15) is 126 Å². The molecule has 0 spiro atoms. The van der Waals surface area contributed by atoms with Gasteiger partial charge in [-0.15, -0.1) is 11.3 Å². The number of carbonyl (C=O) groups is 2. The van der Waals surface area contributed by atoms with Crippen LogP contribution in [0.2, 0.25) is 0 Å². The third kappa shape index (κ3) is 10.3. The molecule has 3 heterocycles. The fourth-order valence-electron chi connectivity index (χ4n) is 16.1. The van der Waals surface area contributed by atoms with Gasteiger partial charge in [0, 0.05) is 75.9 Å². The third-order valence-corrected chi connectivity index (χ3v) is 21.0. The number of rotatable bonds is 20. The number of thiophene rings is 1. The monoisotopic (exact) mass is 1240 g/mol. The van der Waals surface area contributed by atoms with Crippen LogP contribution >= 0.6 is 11.3 Å². The van der Waals surface area contributed by atoms with Crippen molar-refractivity contribution >= 4 is 111 Å². The molecule has 3 aromatic heterocycles. The molecule has 0 saturated carbocycles. The van der Waals surface area contributed by atoms with E-state index in [1.54, 1.807) is 32.3 Å². The third-order valence-electron chi connectivity index (χ3n) is 19.9. The van der Waals surface area contributed by atoms with Crippen LogP contribution < -0.4 is 9.80 Å². The maximum absolute atomic E-state index is 12.0. The van der Waals surface area contributed by atoms with Crippen LogP contribution in [-0.2, 0) is 20.4 Å². The second kappa shape index (κ2) is 24.6. The van der Waals surface area contributed by atoms with E-state index in [-0.39, 0.29) is 22.4 Å². The Balaban J connectivity index is 0.822. The molecule has 462 valence electrons. The second-order valence-electron chi connectivity index (χ2n) is 25.8. The normalized spacial score (nSPS) is 13.5. The first-order chi connectivity index (χ1) is 46.0. The first-order valence-corrected chi connectivity index (χ1v) is 34.3. The Morgan fingerprint density at radius 1 is 0.415 bits per heavy atom. The molecule has 8 heteroatoms. The zero-order valence-corrected chi connectivity index (χ0v) is 55.1.